The summed E-state index contributed by atoms with van der Waals surface area (Å²) < 4.78 is 42.6. The third-order valence-electron chi connectivity index (χ3n) is 4.67. The lowest BCUT2D eigenvalue weighted by atomic mass is 10.1. The van der Waals surface area contributed by atoms with Crippen molar-refractivity contribution in [2.75, 3.05) is 6.61 Å². The number of carbonyl (C=O) groups is 1. The molecule has 1 heterocycles. The van der Waals surface area contributed by atoms with Crippen LogP contribution in [0.1, 0.15) is 24.0 Å². The Morgan fingerprint density at radius 2 is 1.90 bits per heavy atom. The topological polar surface area (TPSA) is 73.2 Å². The SMILES string of the molecule is Cc1cccc2c(=O)n(CCCC(=O)NCc3ccc(OCC(F)(F)F)cc3)cnc12. The molecule has 0 bridgehead atoms. The van der Waals surface area contributed by atoms with Crippen LogP contribution in [0.4, 0.5) is 13.2 Å². The lowest BCUT2D eigenvalue weighted by Gasteiger charge is -2.10. The van der Waals surface area contributed by atoms with Crippen molar-refractivity contribution in [2.45, 2.75) is 39.0 Å². The summed E-state index contributed by atoms with van der Waals surface area (Å²) in [6, 6.07) is 11.5. The first-order valence-electron chi connectivity index (χ1n) is 9.73. The molecule has 6 nitrogen and oxygen atoms in total. The van der Waals surface area contributed by atoms with Gasteiger partial charge in [0.2, 0.25) is 5.91 Å². The van der Waals surface area contributed by atoms with E-state index in [0.717, 1.165) is 11.1 Å². The van der Waals surface area contributed by atoms with Gasteiger partial charge in [-0.3, -0.25) is 14.2 Å². The Kier molecular flexibility index (Phi) is 6.94. The fourth-order valence-electron chi connectivity index (χ4n) is 3.06. The lowest BCUT2D eigenvalue weighted by molar-refractivity contribution is -0.153. The molecule has 31 heavy (non-hydrogen) atoms. The first kappa shape index (κ1) is 22.3. The largest absolute Gasteiger partial charge is 0.484 e. The summed E-state index contributed by atoms with van der Waals surface area (Å²) in [6.45, 7) is 1.16. The van der Waals surface area contributed by atoms with Gasteiger partial charge in [0, 0.05) is 19.5 Å². The van der Waals surface area contributed by atoms with Crippen molar-refractivity contribution in [3.63, 3.8) is 0 Å². The second-order valence-electron chi connectivity index (χ2n) is 7.14. The molecule has 0 spiro atoms. The molecule has 0 aliphatic heterocycles. The van der Waals surface area contributed by atoms with Gasteiger partial charge < -0.3 is 10.1 Å². The van der Waals surface area contributed by atoms with Crippen LogP contribution in [0.5, 0.6) is 5.75 Å². The van der Waals surface area contributed by atoms with Gasteiger partial charge in [0.05, 0.1) is 17.2 Å². The van der Waals surface area contributed by atoms with Crippen LogP contribution in [0.15, 0.2) is 53.6 Å². The molecule has 1 N–H and O–H groups in total. The Morgan fingerprint density at radius 3 is 2.61 bits per heavy atom. The molecule has 1 amide bonds. The molecule has 0 saturated heterocycles. The van der Waals surface area contributed by atoms with Crippen LogP contribution >= 0.6 is 0 Å². The Hall–Kier alpha value is -3.36. The summed E-state index contributed by atoms with van der Waals surface area (Å²) in [5.41, 5.74) is 2.21. The monoisotopic (exact) mass is 433 g/mol. The van der Waals surface area contributed by atoms with E-state index >= 15 is 0 Å². The summed E-state index contributed by atoms with van der Waals surface area (Å²) in [6.07, 6.45) is -2.20. The van der Waals surface area contributed by atoms with Crippen LogP contribution in [0.2, 0.25) is 0 Å². The van der Waals surface area contributed by atoms with E-state index in [1.165, 1.54) is 23.0 Å². The van der Waals surface area contributed by atoms with E-state index in [2.05, 4.69) is 15.0 Å². The molecule has 0 aliphatic rings. The van der Waals surface area contributed by atoms with Crippen LogP contribution in [-0.2, 0) is 17.9 Å². The number of benzene rings is 2. The number of aryl methyl sites for hydroxylation is 2. The summed E-state index contributed by atoms with van der Waals surface area (Å²) in [4.78, 5) is 28.9. The quantitative estimate of drug-likeness (QED) is 0.587. The molecular formula is C22H22F3N3O3. The average Bonchev–Trinajstić information content (AvgIpc) is 2.73. The van der Waals surface area contributed by atoms with Gasteiger partial charge in [0.25, 0.3) is 5.56 Å². The smallest absolute Gasteiger partial charge is 0.422 e. The highest BCUT2D eigenvalue weighted by atomic mass is 19.4. The van der Waals surface area contributed by atoms with Gasteiger partial charge in [-0.25, -0.2) is 4.98 Å². The number of amides is 1. The molecule has 0 radical (unpaired) electrons. The second-order valence-corrected chi connectivity index (χ2v) is 7.14. The Balaban J connectivity index is 1.45. The van der Waals surface area contributed by atoms with Gasteiger partial charge in [0.1, 0.15) is 5.75 Å². The molecule has 0 saturated carbocycles. The molecule has 0 unspecified atom stereocenters. The van der Waals surface area contributed by atoms with Gasteiger partial charge in [0.15, 0.2) is 6.61 Å². The molecule has 0 atom stereocenters. The third kappa shape index (κ3) is 6.31. The van der Waals surface area contributed by atoms with Crippen LogP contribution in [0.3, 0.4) is 0 Å². The third-order valence-corrected chi connectivity index (χ3v) is 4.67. The number of hydrogen-bond acceptors (Lipinski definition) is 4. The minimum absolute atomic E-state index is 0.108. The zero-order valence-electron chi connectivity index (χ0n) is 16.9. The highest BCUT2D eigenvalue weighted by Crippen LogP contribution is 2.19. The first-order chi connectivity index (χ1) is 14.7. The lowest BCUT2D eigenvalue weighted by Crippen LogP contribution is -2.25. The highest BCUT2D eigenvalue weighted by molar-refractivity contribution is 5.80. The van der Waals surface area contributed by atoms with E-state index in [9.17, 15) is 22.8 Å². The molecule has 3 rings (SSSR count). The van der Waals surface area contributed by atoms with Crippen molar-refractivity contribution in [1.29, 1.82) is 0 Å². The number of ether oxygens (including phenoxy) is 1. The molecule has 1 aromatic heterocycles. The van der Waals surface area contributed by atoms with E-state index in [-0.39, 0.29) is 30.2 Å². The van der Waals surface area contributed by atoms with Crippen LogP contribution in [0.25, 0.3) is 10.9 Å². The molecular weight excluding hydrogens is 411 g/mol. The highest BCUT2D eigenvalue weighted by Gasteiger charge is 2.28. The molecule has 0 aliphatic carbocycles. The molecule has 2 aromatic carbocycles. The van der Waals surface area contributed by atoms with E-state index in [1.807, 2.05) is 19.1 Å². The number of hydrogen-bond donors (Lipinski definition) is 1. The number of nitrogens with one attached hydrogen (secondary N) is 1. The summed E-state index contributed by atoms with van der Waals surface area (Å²) in [7, 11) is 0. The Morgan fingerprint density at radius 1 is 1.16 bits per heavy atom. The molecule has 0 fully saturated rings. The van der Waals surface area contributed by atoms with Gasteiger partial charge in [-0.1, -0.05) is 24.3 Å². The molecule has 164 valence electrons. The van der Waals surface area contributed by atoms with Crippen LogP contribution < -0.4 is 15.6 Å². The number of carbonyl (C=O) groups excluding carboxylic acids is 1. The maximum absolute atomic E-state index is 12.5. The van der Waals surface area contributed by atoms with Crippen molar-refractivity contribution in [3.8, 4) is 5.75 Å². The van der Waals surface area contributed by atoms with E-state index < -0.39 is 12.8 Å². The predicted octanol–water partition coefficient (Wildman–Crippen LogP) is 3.74. The van der Waals surface area contributed by atoms with Crippen molar-refractivity contribution in [2.24, 2.45) is 0 Å². The number of aromatic nitrogens is 2. The Labute approximate surface area is 176 Å². The zero-order chi connectivity index (χ0) is 22.4. The normalized spacial score (nSPS) is 11.5. The van der Waals surface area contributed by atoms with Crippen molar-refractivity contribution in [1.82, 2.24) is 14.9 Å². The van der Waals surface area contributed by atoms with E-state index in [0.29, 0.717) is 23.9 Å². The average molecular weight is 433 g/mol. The summed E-state index contributed by atoms with van der Waals surface area (Å²) in [5.74, 6) is -0.0768. The van der Waals surface area contributed by atoms with E-state index in [4.69, 9.17) is 0 Å². The second kappa shape index (κ2) is 9.63. The maximum atomic E-state index is 12.5. The van der Waals surface area contributed by atoms with Gasteiger partial charge in [-0.2, -0.15) is 13.2 Å². The number of nitrogens with zero attached hydrogens (tertiary/aromatic N) is 2. The number of alkyl halides is 3. The predicted molar refractivity (Wildman–Crippen MR) is 110 cm³/mol. The van der Waals surface area contributed by atoms with Crippen LogP contribution in [-0.4, -0.2) is 28.2 Å². The summed E-state index contributed by atoms with van der Waals surface area (Å²) >= 11 is 0. The standard InChI is InChI=1S/C22H22F3N3O3/c1-15-4-2-5-18-20(15)27-14-28(21(18)30)11-3-6-19(29)26-12-16-7-9-17(10-8-16)31-13-22(23,24)25/h2,4-5,7-10,14H,3,6,11-13H2,1H3,(H,26,29). The minimum atomic E-state index is -4.39. The first-order valence-corrected chi connectivity index (χ1v) is 9.73. The molecule has 3 aromatic rings. The van der Waals surface area contributed by atoms with Crippen LogP contribution in [0, 0.1) is 6.92 Å². The van der Waals surface area contributed by atoms with Crippen molar-refractivity contribution >= 4 is 16.8 Å². The van der Waals surface area contributed by atoms with Gasteiger partial charge >= 0.3 is 6.18 Å². The number of rotatable bonds is 8. The number of halogens is 3. The van der Waals surface area contributed by atoms with Gasteiger partial charge in [-0.15, -0.1) is 0 Å². The van der Waals surface area contributed by atoms with E-state index in [1.54, 1.807) is 18.2 Å². The summed E-state index contributed by atoms with van der Waals surface area (Å²) in [5, 5.41) is 3.30. The fourth-order valence-corrected chi connectivity index (χ4v) is 3.06. The fraction of sp³-hybridized carbons (Fsp3) is 0.318. The number of fused-ring (bicyclic) bond motifs is 1. The minimum Gasteiger partial charge on any atom is -0.484 e. The Bertz CT molecular complexity index is 1110. The van der Waals surface area contributed by atoms with Gasteiger partial charge in [-0.05, 0) is 42.7 Å². The van der Waals surface area contributed by atoms with Crippen molar-refractivity contribution < 1.29 is 22.7 Å². The van der Waals surface area contributed by atoms with Crippen molar-refractivity contribution in [3.05, 3.63) is 70.3 Å². The maximum Gasteiger partial charge on any atom is 0.422 e. The zero-order valence-corrected chi connectivity index (χ0v) is 16.9. The molecule has 9 heteroatoms. The number of para-hydroxylation sites is 1.